The molecular formula is C18H22N2O. The van der Waals surface area contributed by atoms with E-state index in [1.54, 1.807) is 0 Å². The number of piperidine rings is 1. The van der Waals surface area contributed by atoms with Crippen molar-refractivity contribution in [3.63, 3.8) is 0 Å². The molecule has 1 heterocycles. The van der Waals surface area contributed by atoms with Crippen molar-refractivity contribution >= 4 is 22.4 Å². The normalized spacial score (nSPS) is 15.2. The summed E-state index contributed by atoms with van der Waals surface area (Å²) < 4.78 is 0. The number of fused-ring (bicyclic) bond motifs is 1. The molecule has 0 unspecified atom stereocenters. The summed E-state index contributed by atoms with van der Waals surface area (Å²) in [6.07, 6.45) is 3.49. The minimum absolute atomic E-state index is 0.177. The molecule has 0 N–H and O–H groups in total. The van der Waals surface area contributed by atoms with E-state index in [1.807, 2.05) is 37.2 Å². The maximum absolute atomic E-state index is 12.8. The number of hydrogen-bond acceptors (Lipinski definition) is 2. The lowest BCUT2D eigenvalue weighted by atomic mass is 10.0. The molecule has 1 aliphatic heterocycles. The summed E-state index contributed by atoms with van der Waals surface area (Å²) in [5.74, 6) is 0.177. The van der Waals surface area contributed by atoms with Gasteiger partial charge in [-0.3, -0.25) is 4.79 Å². The Bertz CT molecular complexity index is 657. The third kappa shape index (κ3) is 2.60. The molecule has 2 aromatic rings. The van der Waals surface area contributed by atoms with E-state index in [9.17, 15) is 4.79 Å². The first-order valence-electron chi connectivity index (χ1n) is 7.67. The molecule has 21 heavy (non-hydrogen) atoms. The van der Waals surface area contributed by atoms with E-state index in [4.69, 9.17) is 0 Å². The van der Waals surface area contributed by atoms with Crippen LogP contribution >= 0.6 is 0 Å². The van der Waals surface area contributed by atoms with Gasteiger partial charge in [0, 0.05) is 43.8 Å². The molecule has 1 fully saturated rings. The summed E-state index contributed by atoms with van der Waals surface area (Å²) in [6.45, 7) is 1.78. The van der Waals surface area contributed by atoms with Gasteiger partial charge in [0.2, 0.25) is 0 Å². The number of carbonyl (C=O) groups is 1. The van der Waals surface area contributed by atoms with E-state index >= 15 is 0 Å². The van der Waals surface area contributed by atoms with Crippen molar-refractivity contribution in [2.75, 3.05) is 32.1 Å². The number of rotatable bonds is 2. The minimum atomic E-state index is 0.177. The van der Waals surface area contributed by atoms with Gasteiger partial charge >= 0.3 is 0 Å². The fourth-order valence-electron chi connectivity index (χ4n) is 3.13. The Morgan fingerprint density at radius 1 is 0.952 bits per heavy atom. The van der Waals surface area contributed by atoms with Crippen LogP contribution < -0.4 is 4.90 Å². The summed E-state index contributed by atoms with van der Waals surface area (Å²) in [4.78, 5) is 16.9. The van der Waals surface area contributed by atoms with E-state index in [1.165, 1.54) is 6.42 Å². The largest absolute Gasteiger partial charge is 0.377 e. The highest BCUT2D eigenvalue weighted by Gasteiger charge is 2.20. The molecule has 1 aliphatic rings. The second-order valence-corrected chi connectivity index (χ2v) is 5.93. The number of carbonyl (C=O) groups excluding carboxylic acids is 1. The predicted molar refractivity (Wildman–Crippen MR) is 88.0 cm³/mol. The van der Waals surface area contributed by atoms with Gasteiger partial charge in [-0.05, 0) is 36.8 Å². The molecule has 3 heteroatoms. The first kappa shape index (κ1) is 13.9. The molecule has 0 radical (unpaired) electrons. The molecule has 1 amide bonds. The summed E-state index contributed by atoms with van der Waals surface area (Å²) in [5, 5.41) is 2.20. The molecule has 0 bridgehead atoms. The van der Waals surface area contributed by atoms with Crippen LogP contribution in [-0.4, -0.2) is 38.0 Å². The lowest BCUT2D eigenvalue weighted by Gasteiger charge is -2.27. The maximum Gasteiger partial charge on any atom is 0.254 e. The molecule has 0 spiro atoms. The Kier molecular flexibility index (Phi) is 3.82. The zero-order chi connectivity index (χ0) is 14.8. The van der Waals surface area contributed by atoms with Crippen molar-refractivity contribution in [2.45, 2.75) is 19.3 Å². The van der Waals surface area contributed by atoms with Crippen molar-refractivity contribution in [1.82, 2.24) is 4.90 Å². The van der Waals surface area contributed by atoms with Gasteiger partial charge in [0.15, 0.2) is 0 Å². The molecule has 0 saturated carbocycles. The molecule has 3 nitrogen and oxygen atoms in total. The Hall–Kier alpha value is -2.03. The molecule has 3 rings (SSSR count). The average Bonchev–Trinajstić information content (AvgIpc) is 2.54. The van der Waals surface area contributed by atoms with Gasteiger partial charge in [-0.15, -0.1) is 0 Å². The number of anilines is 1. The zero-order valence-corrected chi connectivity index (χ0v) is 12.8. The minimum Gasteiger partial charge on any atom is -0.377 e. The first-order valence-corrected chi connectivity index (χ1v) is 7.67. The summed E-state index contributed by atoms with van der Waals surface area (Å²) in [6, 6.07) is 12.2. The quantitative estimate of drug-likeness (QED) is 0.841. The van der Waals surface area contributed by atoms with Gasteiger partial charge < -0.3 is 9.80 Å². The SMILES string of the molecule is CN(C)c1ccc(C(=O)N2CCCCC2)c2ccccc12. The van der Waals surface area contributed by atoms with Crippen LogP contribution in [0.1, 0.15) is 29.6 Å². The van der Waals surface area contributed by atoms with Crippen LogP contribution in [-0.2, 0) is 0 Å². The number of benzene rings is 2. The maximum atomic E-state index is 12.8. The second-order valence-electron chi connectivity index (χ2n) is 5.93. The molecule has 0 atom stereocenters. The highest BCUT2D eigenvalue weighted by atomic mass is 16.2. The topological polar surface area (TPSA) is 23.6 Å². The fraction of sp³-hybridized carbons (Fsp3) is 0.389. The summed E-state index contributed by atoms with van der Waals surface area (Å²) in [7, 11) is 4.07. The Balaban J connectivity index is 2.07. The number of likely N-dealkylation sites (tertiary alicyclic amines) is 1. The van der Waals surface area contributed by atoms with Crippen molar-refractivity contribution < 1.29 is 4.79 Å². The predicted octanol–water partition coefficient (Wildman–Crippen LogP) is 3.53. The van der Waals surface area contributed by atoms with Gasteiger partial charge in [0.25, 0.3) is 5.91 Å². The van der Waals surface area contributed by atoms with E-state index in [2.05, 4.69) is 23.1 Å². The highest BCUT2D eigenvalue weighted by Crippen LogP contribution is 2.29. The van der Waals surface area contributed by atoms with Gasteiger partial charge in [-0.1, -0.05) is 24.3 Å². The Morgan fingerprint density at radius 2 is 1.62 bits per heavy atom. The van der Waals surface area contributed by atoms with Gasteiger partial charge in [0.05, 0.1) is 0 Å². The van der Waals surface area contributed by atoms with Crippen LogP contribution in [0, 0.1) is 0 Å². The summed E-state index contributed by atoms with van der Waals surface area (Å²) >= 11 is 0. The van der Waals surface area contributed by atoms with Gasteiger partial charge in [0.1, 0.15) is 0 Å². The summed E-state index contributed by atoms with van der Waals surface area (Å²) in [5.41, 5.74) is 1.99. The van der Waals surface area contributed by atoms with Crippen LogP contribution in [0.15, 0.2) is 36.4 Å². The van der Waals surface area contributed by atoms with Crippen molar-refractivity contribution in [3.05, 3.63) is 42.0 Å². The van der Waals surface area contributed by atoms with E-state index in [0.29, 0.717) is 0 Å². The van der Waals surface area contributed by atoms with Crippen LogP contribution in [0.5, 0.6) is 0 Å². The molecular weight excluding hydrogens is 260 g/mol. The van der Waals surface area contributed by atoms with Crippen LogP contribution in [0.3, 0.4) is 0 Å². The van der Waals surface area contributed by atoms with Crippen LogP contribution in [0.25, 0.3) is 10.8 Å². The molecule has 1 saturated heterocycles. The number of nitrogens with zero attached hydrogens (tertiary/aromatic N) is 2. The van der Waals surface area contributed by atoms with Gasteiger partial charge in [-0.25, -0.2) is 0 Å². The van der Waals surface area contributed by atoms with Crippen LogP contribution in [0.2, 0.25) is 0 Å². The van der Waals surface area contributed by atoms with Crippen molar-refractivity contribution in [1.29, 1.82) is 0 Å². The molecule has 0 aromatic heterocycles. The fourth-order valence-corrected chi connectivity index (χ4v) is 3.13. The van der Waals surface area contributed by atoms with Crippen molar-refractivity contribution in [3.8, 4) is 0 Å². The third-order valence-corrected chi connectivity index (χ3v) is 4.26. The smallest absolute Gasteiger partial charge is 0.254 e. The zero-order valence-electron chi connectivity index (χ0n) is 12.8. The lowest BCUT2D eigenvalue weighted by Crippen LogP contribution is -2.35. The first-order chi connectivity index (χ1) is 10.2. The molecule has 2 aromatic carbocycles. The molecule has 110 valence electrons. The van der Waals surface area contributed by atoms with E-state index in [-0.39, 0.29) is 5.91 Å². The third-order valence-electron chi connectivity index (χ3n) is 4.26. The van der Waals surface area contributed by atoms with Gasteiger partial charge in [-0.2, -0.15) is 0 Å². The standard InChI is InChI=1S/C18H22N2O/c1-19(2)17-11-10-16(14-8-4-5-9-15(14)17)18(21)20-12-6-3-7-13-20/h4-5,8-11H,3,6-7,12-13H2,1-2H3. The lowest BCUT2D eigenvalue weighted by molar-refractivity contribution is 0.0726. The highest BCUT2D eigenvalue weighted by molar-refractivity contribution is 6.10. The number of hydrogen-bond donors (Lipinski definition) is 0. The van der Waals surface area contributed by atoms with E-state index < -0.39 is 0 Å². The Morgan fingerprint density at radius 3 is 2.29 bits per heavy atom. The Labute approximate surface area is 126 Å². The second kappa shape index (κ2) is 5.76. The van der Waals surface area contributed by atoms with Crippen LogP contribution in [0.4, 0.5) is 5.69 Å². The monoisotopic (exact) mass is 282 g/mol. The van der Waals surface area contributed by atoms with Crippen molar-refractivity contribution in [2.24, 2.45) is 0 Å². The number of amides is 1. The molecule has 0 aliphatic carbocycles. The van der Waals surface area contributed by atoms with E-state index in [0.717, 1.165) is 48.0 Å². The average molecular weight is 282 g/mol.